The Balaban J connectivity index is 1.59. The number of hydrogen-bond donors (Lipinski definition) is 0. The average molecular weight is 314 g/mol. The third-order valence-electron chi connectivity index (χ3n) is 5.70. The van der Waals surface area contributed by atoms with Crippen LogP contribution in [0.5, 0.6) is 0 Å². The van der Waals surface area contributed by atoms with Crippen molar-refractivity contribution in [2.45, 2.75) is 64.1 Å². The van der Waals surface area contributed by atoms with Crippen molar-refractivity contribution >= 4 is 17.5 Å². The van der Waals surface area contributed by atoms with E-state index in [2.05, 4.69) is 0 Å². The quantitative estimate of drug-likeness (QED) is 0.731. The Morgan fingerprint density at radius 2 is 1.90 bits per heavy atom. The highest BCUT2D eigenvalue weighted by Crippen LogP contribution is 2.43. The van der Waals surface area contributed by atoms with Crippen LogP contribution < -0.4 is 0 Å². The van der Waals surface area contributed by atoms with Crippen LogP contribution in [0.25, 0.3) is 0 Å². The summed E-state index contributed by atoms with van der Waals surface area (Å²) < 4.78 is 5.76. The van der Waals surface area contributed by atoms with Gasteiger partial charge in [0.25, 0.3) is 0 Å². The van der Waals surface area contributed by atoms with Gasteiger partial charge in [0, 0.05) is 19.0 Å². The second-order valence-corrected chi connectivity index (χ2v) is 7.59. The Bertz CT molecular complexity index is 376. The number of carbonyl (C=O) groups is 1. The molecule has 21 heavy (non-hydrogen) atoms. The molecule has 1 saturated heterocycles. The third-order valence-corrected chi connectivity index (χ3v) is 6.04. The molecule has 0 aromatic heterocycles. The van der Waals surface area contributed by atoms with E-state index < -0.39 is 0 Å². The lowest BCUT2D eigenvalue weighted by molar-refractivity contribution is -0.149. The lowest BCUT2D eigenvalue weighted by Gasteiger charge is -2.42. The molecule has 3 rings (SSSR count). The van der Waals surface area contributed by atoms with Gasteiger partial charge in [0.05, 0.1) is 18.1 Å². The van der Waals surface area contributed by atoms with Gasteiger partial charge in [0.15, 0.2) is 0 Å². The fraction of sp³-hybridized carbons (Fsp3) is 0.941. The number of ether oxygens (including phenoxy) is 1. The minimum atomic E-state index is 0.00499. The van der Waals surface area contributed by atoms with Crippen LogP contribution in [0.3, 0.4) is 0 Å². The van der Waals surface area contributed by atoms with E-state index in [0.717, 1.165) is 31.2 Å². The maximum absolute atomic E-state index is 12.9. The summed E-state index contributed by atoms with van der Waals surface area (Å²) in [5, 5.41) is 0. The van der Waals surface area contributed by atoms with Crippen LogP contribution in [0.4, 0.5) is 0 Å². The summed E-state index contributed by atoms with van der Waals surface area (Å²) in [5.74, 6) is 2.81. The van der Waals surface area contributed by atoms with Crippen LogP contribution in [0.2, 0.25) is 0 Å². The Hall–Kier alpha value is -0.280. The highest BCUT2D eigenvalue weighted by Gasteiger charge is 2.38. The molecule has 4 heteroatoms. The van der Waals surface area contributed by atoms with Crippen LogP contribution >= 0.6 is 11.6 Å². The standard InChI is InChI=1S/C17H28ClNO2/c1-12-10-19(11-16(9-18)21-12)17(20)15-7-6-13-4-2-3-5-14(13)8-15/h12-16H,2-11H2,1H3. The lowest BCUT2D eigenvalue weighted by Crippen LogP contribution is -2.52. The van der Waals surface area contributed by atoms with Crippen molar-refractivity contribution in [2.24, 2.45) is 17.8 Å². The fourth-order valence-electron chi connectivity index (χ4n) is 4.67. The first-order chi connectivity index (χ1) is 10.2. The second kappa shape index (κ2) is 6.87. The average Bonchev–Trinajstić information content (AvgIpc) is 2.53. The smallest absolute Gasteiger partial charge is 0.225 e. The van der Waals surface area contributed by atoms with Crippen molar-refractivity contribution in [1.29, 1.82) is 0 Å². The molecule has 0 bridgehead atoms. The van der Waals surface area contributed by atoms with Gasteiger partial charge < -0.3 is 9.64 Å². The molecular formula is C17H28ClNO2. The molecule has 3 aliphatic rings. The summed E-state index contributed by atoms with van der Waals surface area (Å²) >= 11 is 5.93. The van der Waals surface area contributed by atoms with E-state index in [4.69, 9.17) is 16.3 Å². The number of amides is 1. The summed E-state index contributed by atoms with van der Waals surface area (Å²) in [6.45, 7) is 3.45. The van der Waals surface area contributed by atoms with Crippen molar-refractivity contribution in [3.8, 4) is 0 Å². The summed E-state index contributed by atoms with van der Waals surface area (Å²) in [7, 11) is 0. The first kappa shape index (κ1) is 15.6. The van der Waals surface area contributed by atoms with E-state index in [1.54, 1.807) is 0 Å². The van der Waals surface area contributed by atoms with Crippen molar-refractivity contribution < 1.29 is 9.53 Å². The third kappa shape index (κ3) is 3.56. The normalized spacial score (nSPS) is 40.7. The fourth-order valence-corrected chi connectivity index (χ4v) is 4.84. The van der Waals surface area contributed by atoms with Crippen molar-refractivity contribution in [3.63, 3.8) is 0 Å². The Kier molecular flexibility index (Phi) is 5.11. The van der Waals surface area contributed by atoms with Crippen LogP contribution in [-0.2, 0) is 9.53 Å². The van der Waals surface area contributed by atoms with Gasteiger partial charge >= 0.3 is 0 Å². The number of hydrogen-bond acceptors (Lipinski definition) is 2. The molecule has 2 saturated carbocycles. The van der Waals surface area contributed by atoms with Gasteiger partial charge in [0.1, 0.15) is 0 Å². The number of fused-ring (bicyclic) bond motifs is 1. The van der Waals surface area contributed by atoms with Crippen LogP contribution in [-0.4, -0.2) is 42.0 Å². The summed E-state index contributed by atoms with van der Waals surface area (Å²) in [5.41, 5.74) is 0. The minimum Gasteiger partial charge on any atom is -0.370 e. The number of carbonyl (C=O) groups excluding carboxylic acids is 1. The molecular weight excluding hydrogens is 286 g/mol. The first-order valence-electron chi connectivity index (χ1n) is 8.67. The van der Waals surface area contributed by atoms with Gasteiger partial charge in [-0.25, -0.2) is 0 Å². The molecule has 0 radical (unpaired) electrons. The molecule has 5 atom stereocenters. The lowest BCUT2D eigenvalue weighted by atomic mass is 9.67. The number of morpholine rings is 1. The van der Waals surface area contributed by atoms with E-state index in [0.29, 0.717) is 18.3 Å². The molecule has 1 amide bonds. The molecule has 3 nitrogen and oxygen atoms in total. The maximum Gasteiger partial charge on any atom is 0.225 e. The van der Waals surface area contributed by atoms with Gasteiger partial charge in [-0.1, -0.05) is 25.7 Å². The van der Waals surface area contributed by atoms with Gasteiger partial charge in [-0.15, -0.1) is 11.6 Å². The zero-order valence-electron chi connectivity index (χ0n) is 13.1. The minimum absolute atomic E-state index is 0.00499. The summed E-state index contributed by atoms with van der Waals surface area (Å²) in [4.78, 5) is 14.9. The molecule has 0 N–H and O–H groups in total. The molecule has 1 aliphatic heterocycles. The predicted octanol–water partition coefficient (Wildman–Crippen LogP) is 3.45. The topological polar surface area (TPSA) is 29.5 Å². The predicted molar refractivity (Wildman–Crippen MR) is 84.4 cm³/mol. The van der Waals surface area contributed by atoms with Crippen LogP contribution in [0.15, 0.2) is 0 Å². The number of nitrogens with zero attached hydrogens (tertiary/aromatic N) is 1. The van der Waals surface area contributed by atoms with Crippen LogP contribution in [0, 0.1) is 17.8 Å². The molecule has 3 fully saturated rings. The zero-order chi connectivity index (χ0) is 14.8. The highest BCUT2D eigenvalue weighted by atomic mass is 35.5. The van der Waals surface area contributed by atoms with Gasteiger partial charge in [-0.2, -0.15) is 0 Å². The molecule has 5 unspecified atom stereocenters. The maximum atomic E-state index is 12.9. The van der Waals surface area contributed by atoms with Gasteiger partial charge in [0.2, 0.25) is 5.91 Å². The SMILES string of the molecule is CC1CN(C(=O)C2CCC3CCCCC3C2)CC(CCl)O1. The first-order valence-corrected chi connectivity index (χ1v) is 9.21. The van der Waals surface area contributed by atoms with Crippen molar-refractivity contribution in [1.82, 2.24) is 4.90 Å². The Labute approximate surface area is 133 Å². The highest BCUT2D eigenvalue weighted by molar-refractivity contribution is 6.18. The Morgan fingerprint density at radius 1 is 1.14 bits per heavy atom. The number of alkyl halides is 1. The van der Waals surface area contributed by atoms with E-state index in [1.807, 2.05) is 11.8 Å². The molecule has 1 heterocycles. The molecule has 0 spiro atoms. The number of rotatable bonds is 2. The second-order valence-electron chi connectivity index (χ2n) is 7.28. The van der Waals surface area contributed by atoms with E-state index in [-0.39, 0.29) is 18.1 Å². The molecule has 120 valence electrons. The molecule has 2 aliphatic carbocycles. The Morgan fingerprint density at radius 3 is 2.67 bits per heavy atom. The monoisotopic (exact) mass is 313 g/mol. The summed E-state index contributed by atoms with van der Waals surface area (Å²) in [6, 6.07) is 0. The molecule has 0 aromatic rings. The zero-order valence-corrected chi connectivity index (χ0v) is 13.9. The van der Waals surface area contributed by atoms with Crippen LogP contribution in [0.1, 0.15) is 51.9 Å². The molecule has 0 aromatic carbocycles. The largest absolute Gasteiger partial charge is 0.370 e. The van der Waals surface area contributed by atoms with E-state index >= 15 is 0 Å². The van der Waals surface area contributed by atoms with Crippen molar-refractivity contribution in [3.05, 3.63) is 0 Å². The van der Waals surface area contributed by atoms with Crippen molar-refractivity contribution in [2.75, 3.05) is 19.0 Å². The van der Waals surface area contributed by atoms with Gasteiger partial charge in [-0.3, -0.25) is 4.79 Å². The van der Waals surface area contributed by atoms with Gasteiger partial charge in [-0.05, 0) is 38.0 Å². The number of halogens is 1. The summed E-state index contributed by atoms with van der Waals surface area (Å²) in [6.07, 6.45) is 9.11. The van der Waals surface area contributed by atoms with E-state index in [9.17, 15) is 4.79 Å². The van der Waals surface area contributed by atoms with E-state index in [1.165, 1.54) is 32.1 Å².